The summed E-state index contributed by atoms with van der Waals surface area (Å²) in [6, 6.07) is 9.55. The number of nitrogens with one attached hydrogen (secondary N) is 1. The van der Waals surface area contributed by atoms with E-state index in [0.29, 0.717) is 6.42 Å². The minimum atomic E-state index is -0.424. The van der Waals surface area contributed by atoms with Crippen LogP contribution in [0, 0.1) is 0 Å². The number of ether oxygens (including phenoxy) is 2. The molecule has 1 amide bonds. The van der Waals surface area contributed by atoms with Crippen molar-refractivity contribution in [2.45, 2.75) is 51.4 Å². The van der Waals surface area contributed by atoms with Gasteiger partial charge in [-0.05, 0) is 24.8 Å². The van der Waals surface area contributed by atoms with E-state index in [9.17, 15) is 9.59 Å². The molecule has 0 spiro atoms. The third kappa shape index (κ3) is 5.45. The van der Waals surface area contributed by atoms with Gasteiger partial charge in [0.2, 0.25) is 0 Å². The molecule has 0 saturated heterocycles. The van der Waals surface area contributed by atoms with Crippen molar-refractivity contribution in [3.05, 3.63) is 35.9 Å². The molecular weight excluding hydrogens is 270 g/mol. The molecule has 1 aromatic rings. The normalized spacial score (nSPS) is 21.4. The standard InChI is InChI=1S/C16H21NO4/c1-12(18)21-15-9-5-8-14(10-15)17-16(19)20-11-13-6-3-2-4-7-13/h2-4,6-7,14-15H,5,8-11H2,1H3,(H,17,19). The summed E-state index contributed by atoms with van der Waals surface area (Å²) in [6.45, 7) is 1.66. The fraction of sp³-hybridized carbons (Fsp3) is 0.500. The van der Waals surface area contributed by atoms with Crippen LogP contribution in [0.25, 0.3) is 0 Å². The molecule has 0 aromatic heterocycles. The maximum absolute atomic E-state index is 11.8. The second-order valence-electron chi connectivity index (χ2n) is 5.30. The van der Waals surface area contributed by atoms with Crippen LogP contribution >= 0.6 is 0 Å². The number of carbonyl (C=O) groups excluding carboxylic acids is 2. The van der Waals surface area contributed by atoms with Crippen molar-refractivity contribution in [3.63, 3.8) is 0 Å². The first-order chi connectivity index (χ1) is 10.1. The maximum atomic E-state index is 11.8. The van der Waals surface area contributed by atoms with E-state index >= 15 is 0 Å². The van der Waals surface area contributed by atoms with Crippen LogP contribution in [0.5, 0.6) is 0 Å². The summed E-state index contributed by atoms with van der Waals surface area (Å²) in [6.07, 6.45) is 2.80. The average Bonchev–Trinajstić information content (AvgIpc) is 2.46. The molecule has 2 unspecified atom stereocenters. The fourth-order valence-electron chi connectivity index (χ4n) is 2.55. The van der Waals surface area contributed by atoms with Gasteiger partial charge in [-0.25, -0.2) is 4.79 Å². The van der Waals surface area contributed by atoms with Crippen LogP contribution < -0.4 is 5.32 Å². The smallest absolute Gasteiger partial charge is 0.407 e. The predicted molar refractivity (Wildman–Crippen MR) is 77.6 cm³/mol. The summed E-state index contributed by atoms with van der Waals surface area (Å²) in [5, 5.41) is 2.84. The molecule has 114 valence electrons. The summed E-state index contributed by atoms with van der Waals surface area (Å²) >= 11 is 0. The molecule has 0 heterocycles. The Labute approximate surface area is 124 Å². The zero-order valence-corrected chi connectivity index (χ0v) is 12.2. The summed E-state index contributed by atoms with van der Waals surface area (Å²) in [4.78, 5) is 22.7. The third-order valence-corrected chi connectivity index (χ3v) is 3.49. The first-order valence-corrected chi connectivity index (χ1v) is 7.28. The molecule has 5 nitrogen and oxygen atoms in total. The first-order valence-electron chi connectivity index (χ1n) is 7.28. The Bertz CT molecular complexity index is 474. The Morgan fingerprint density at radius 1 is 1.24 bits per heavy atom. The van der Waals surface area contributed by atoms with E-state index in [1.807, 2.05) is 30.3 Å². The molecule has 1 aliphatic carbocycles. The van der Waals surface area contributed by atoms with Crippen molar-refractivity contribution in [2.24, 2.45) is 0 Å². The lowest BCUT2D eigenvalue weighted by Gasteiger charge is -2.28. The number of benzene rings is 1. The number of amides is 1. The van der Waals surface area contributed by atoms with Crippen LogP contribution in [0.15, 0.2) is 30.3 Å². The highest BCUT2D eigenvalue weighted by molar-refractivity contribution is 5.67. The van der Waals surface area contributed by atoms with Gasteiger partial charge in [-0.3, -0.25) is 4.79 Å². The fourth-order valence-corrected chi connectivity index (χ4v) is 2.55. The molecule has 21 heavy (non-hydrogen) atoms. The average molecular weight is 291 g/mol. The number of hydrogen-bond acceptors (Lipinski definition) is 4. The lowest BCUT2D eigenvalue weighted by atomic mass is 9.93. The monoisotopic (exact) mass is 291 g/mol. The molecule has 2 atom stereocenters. The summed E-state index contributed by atoms with van der Waals surface area (Å²) in [7, 11) is 0. The second kappa shape index (κ2) is 7.67. The summed E-state index contributed by atoms with van der Waals surface area (Å²) in [5.74, 6) is -0.271. The van der Waals surface area contributed by atoms with Crippen molar-refractivity contribution in [1.29, 1.82) is 0 Å². The van der Waals surface area contributed by atoms with Crippen molar-refractivity contribution >= 4 is 12.1 Å². The molecule has 1 N–H and O–H groups in total. The van der Waals surface area contributed by atoms with E-state index < -0.39 is 6.09 Å². The molecule has 1 saturated carbocycles. The van der Waals surface area contributed by atoms with Gasteiger partial charge in [-0.1, -0.05) is 30.3 Å². The van der Waals surface area contributed by atoms with Crippen molar-refractivity contribution < 1.29 is 19.1 Å². The van der Waals surface area contributed by atoms with Gasteiger partial charge in [-0.2, -0.15) is 0 Å². The van der Waals surface area contributed by atoms with Crippen LogP contribution in [0.1, 0.15) is 38.2 Å². The summed E-state index contributed by atoms with van der Waals surface area (Å²) in [5.41, 5.74) is 0.953. The van der Waals surface area contributed by atoms with E-state index in [-0.39, 0.29) is 24.7 Å². The molecule has 0 radical (unpaired) electrons. The number of alkyl carbamates (subject to hydrolysis) is 1. The van der Waals surface area contributed by atoms with Crippen LogP contribution in [0.3, 0.4) is 0 Å². The minimum Gasteiger partial charge on any atom is -0.462 e. The van der Waals surface area contributed by atoms with Crippen LogP contribution in [0.2, 0.25) is 0 Å². The molecule has 1 aliphatic rings. The minimum absolute atomic E-state index is 0.00590. The van der Waals surface area contributed by atoms with E-state index in [2.05, 4.69) is 5.32 Å². The zero-order chi connectivity index (χ0) is 15.1. The third-order valence-electron chi connectivity index (χ3n) is 3.49. The van der Waals surface area contributed by atoms with Gasteiger partial charge in [0.1, 0.15) is 12.7 Å². The maximum Gasteiger partial charge on any atom is 0.407 e. The van der Waals surface area contributed by atoms with Gasteiger partial charge >= 0.3 is 12.1 Å². The highest BCUT2D eigenvalue weighted by atomic mass is 16.6. The molecule has 0 aliphatic heterocycles. The van der Waals surface area contributed by atoms with Crippen molar-refractivity contribution in [1.82, 2.24) is 5.32 Å². The van der Waals surface area contributed by atoms with Gasteiger partial charge in [0.05, 0.1) is 0 Å². The summed E-state index contributed by atoms with van der Waals surface area (Å²) < 4.78 is 10.4. The lowest BCUT2D eigenvalue weighted by Crippen LogP contribution is -2.41. The zero-order valence-electron chi connectivity index (χ0n) is 12.2. The Balaban J connectivity index is 1.73. The van der Waals surface area contributed by atoms with Crippen LogP contribution in [0.4, 0.5) is 4.79 Å². The first kappa shape index (κ1) is 15.4. The molecule has 0 bridgehead atoms. The molecular formula is C16H21NO4. The largest absolute Gasteiger partial charge is 0.462 e. The Hall–Kier alpha value is -2.04. The number of rotatable bonds is 4. The van der Waals surface area contributed by atoms with Crippen molar-refractivity contribution in [3.8, 4) is 0 Å². The number of hydrogen-bond donors (Lipinski definition) is 1. The van der Waals surface area contributed by atoms with Gasteiger partial charge in [-0.15, -0.1) is 0 Å². The Kier molecular flexibility index (Phi) is 5.60. The topological polar surface area (TPSA) is 64.6 Å². The van der Waals surface area contributed by atoms with Gasteiger partial charge in [0.25, 0.3) is 0 Å². The SMILES string of the molecule is CC(=O)OC1CCCC(NC(=O)OCc2ccccc2)C1. The van der Waals surface area contributed by atoms with Gasteiger partial charge < -0.3 is 14.8 Å². The highest BCUT2D eigenvalue weighted by Crippen LogP contribution is 2.21. The van der Waals surface area contributed by atoms with E-state index in [1.165, 1.54) is 6.92 Å². The molecule has 1 fully saturated rings. The lowest BCUT2D eigenvalue weighted by molar-refractivity contribution is -0.148. The molecule has 5 heteroatoms. The number of esters is 1. The molecule has 2 rings (SSSR count). The quantitative estimate of drug-likeness (QED) is 0.866. The van der Waals surface area contributed by atoms with Crippen molar-refractivity contribution in [2.75, 3.05) is 0 Å². The van der Waals surface area contributed by atoms with Crippen LogP contribution in [-0.2, 0) is 20.9 Å². The highest BCUT2D eigenvalue weighted by Gasteiger charge is 2.25. The van der Waals surface area contributed by atoms with E-state index in [0.717, 1.165) is 24.8 Å². The Morgan fingerprint density at radius 3 is 2.71 bits per heavy atom. The van der Waals surface area contributed by atoms with Gasteiger partial charge in [0.15, 0.2) is 0 Å². The number of carbonyl (C=O) groups is 2. The molecule has 1 aromatic carbocycles. The van der Waals surface area contributed by atoms with E-state index in [4.69, 9.17) is 9.47 Å². The van der Waals surface area contributed by atoms with E-state index in [1.54, 1.807) is 0 Å². The predicted octanol–water partition coefficient (Wildman–Crippen LogP) is 2.79. The van der Waals surface area contributed by atoms with Crippen LogP contribution in [-0.4, -0.2) is 24.2 Å². The van der Waals surface area contributed by atoms with Gasteiger partial charge in [0, 0.05) is 19.4 Å². The second-order valence-corrected chi connectivity index (χ2v) is 5.30. The Morgan fingerprint density at radius 2 is 2.00 bits per heavy atom.